The summed E-state index contributed by atoms with van der Waals surface area (Å²) in [6.45, 7) is 0.680. The maximum atomic E-state index is 13.6. The molecule has 1 aliphatic rings. The van der Waals surface area contributed by atoms with E-state index < -0.39 is 0 Å². The molecule has 0 aliphatic heterocycles. The molecule has 0 atom stereocenters. The minimum absolute atomic E-state index is 0.0319. The van der Waals surface area contributed by atoms with Crippen LogP contribution in [0.15, 0.2) is 71.8 Å². The van der Waals surface area contributed by atoms with Crippen LogP contribution < -0.4 is 5.32 Å². The fraction of sp³-hybridized carbons (Fsp3) is 0.226. The number of nitrogens with zero attached hydrogens (tertiary/aromatic N) is 1. The molecular weight excluding hydrogens is 574 g/mol. The van der Waals surface area contributed by atoms with E-state index in [1.807, 2.05) is 55.4 Å². The quantitative estimate of drug-likeness (QED) is 0.275. The molecule has 1 fully saturated rings. The van der Waals surface area contributed by atoms with Crippen LogP contribution in [0.5, 0.6) is 0 Å². The summed E-state index contributed by atoms with van der Waals surface area (Å²) in [6, 6.07) is 18.3. The first-order valence-corrected chi connectivity index (χ1v) is 14.0. The smallest absolute Gasteiger partial charge is 0.225 e. The Labute approximate surface area is 249 Å². The lowest BCUT2D eigenvalue weighted by Crippen LogP contribution is -2.21. The topological polar surface area (TPSA) is 49.4 Å². The average molecular weight is 602 g/mol. The number of halogens is 4. The number of Topliss-reactive ketones (excluding diaryl/α,β-unsaturated/α-hetero) is 1. The number of amides is 1. The Kier molecular flexibility index (Phi) is 9.92. The number of nitrogens with one attached hydrogen (secondary N) is 1. The fourth-order valence-electron chi connectivity index (χ4n) is 4.59. The van der Waals surface area contributed by atoms with Gasteiger partial charge >= 0.3 is 0 Å². The van der Waals surface area contributed by atoms with E-state index in [-0.39, 0.29) is 17.6 Å². The highest BCUT2D eigenvalue weighted by atomic mass is 35.5. The minimum Gasteiger partial charge on any atom is -0.326 e. The predicted octanol–water partition coefficient (Wildman–Crippen LogP) is 8.80. The van der Waals surface area contributed by atoms with Crippen LogP contribution in [0.3, 0.4) is 0 Å². The van der Waals surface area contributed by atoms with E-state index >= 15 is 0 Å². The third kappa shape index (κ3) is 8.44. The molecule has 4 rings (SSSR count). The van der Waals surface area contributed by atoms with Gasteiger partial charge in [-0.15, -0.1) is 0 Å². The molecule has 1 amide bonds. The highest BCUT2D eigenvalue weighted by molar-refractivity contribution is 6.35. The molecule has 0 aromatic heterocycles. The van der Waals surface area contributed by atoms with Crippen LogP contribution in [0.25, 0.3) is 12.2 Å². The van der Waals surface area contributed by atoms with E-state index in [2.05, 4.69) is 5.32 Å². The van der Waals surface area contributed by atoms with Crippen LogP contribution in [0.2, 0.25) is 20.1 Å². The van der Waals surface area contributed by atoms with Crippen molar-refractivity contribution in [1.82, 2.24) is 4.90 Å². The number of allylic oxidation sites excluding steroid dienone is 2. The largest absolute Gasteiger partial charge is 0.326 e. The van der Waals surface area contributed by atoms with Gasteiger partial charge in [-0.05, 0) is 110 Å². The monoisotopic (exact) mass is 600 g/mol. The molecule has 202 valence electrons. The highest BCUT2D eigenvalue weighted by Gasteiger charge is 2.29. The molecule has 4 nitrogen and oxygen atoms in total. The van der Waals surface area contributed by atoms with Gasteiger partial charge in [0, 0.05) is 49.9 Å². The van der Waals surface area contributed by atoms with Gasteiger partial charge in [-0.2, -0.15) is 0 Å². The zero-order valence-corrected chi connectivity index (χ0v) is 24.6. The van der Waals surface area contributed by atoms with Crippen LogP contribution in [0.1, 0.15) is 41.9 Å². The Balaban J connectivity index is 1.65. The Bertz CT molecular complexity index is 1330. The maximum Gasteiger partial charge on any atom is 0.225 e. The third-order valence-electron chi connectivity index (χ3n) is 6.42. The van der Waals surface area contributed by atoms with Crippen molar-refractivity contribution in [3.05, 3.63) is 109 Å². The molecule has 0 bridgehead atoms. The highest BCUT2D eigenvalue weighted by Crippen LogP contribution is 2.39. The summed E-state index contributed by atoms with van der Waals surface area (Å²) >= 11 is 24.9. The summed E-state index contributed by atoms with van der Waals surface area (Å²) in [5.74, 6) is -0.0262. The van der Waals surface area contributed by atoms with E-state index in [1.165, 1.54) is 0 Å². The second kappa shape index (κ2) is 13.2. The molecule has 1 N–H and O–H groups in total. The summed E-state index contributed by atoms with van der Waals surface area (Å²) in [5.41, 5.74) is 4.65. The number of anilines is 1. The second-order valence-electron chi connectivity index (χ2n) is 9.90. The van der Waals surface area contributed by atoms with E-state index in [0.717, 1.165) is 22.4 Å². The van der Waals surface area contributed by atoms with Gasteiger partial charge < -0.3 is 10.2 Å². The lowest BCUT2D eigenvalue weighted by atomic mass is 9.76. The molecule has 3 aromatic rings. The standard InChI is InChI=1S/C31H28Cl4N2O2/c1-37(2)8-7-30(38)36-29-5-3-21(4-6-29)22-15-23(9-19-11-25(32)17-26(33)12-19)31(39)24(16-22)10-20-13-27(34)18-28(35)14-20/h3-6,9-14,17-18,22H,7-8,15-16H2,1-2H3,(H,36,38)/b23-9+,24-10+. The number of ketones is 1. The van der Waals surface area contributed by atoms with Crippen molar-refractivity contribution < 1.29 is 9.59 Å². The average Bonchev–Trinajstić information content (AvgIpc) is 2.84. The Morgan fingerprint density at radius 2 is 1.28 bits per heavy atom. The van der Waals surface area contributed by atoms with Gasteiger partial charge in [-0.3, -0.25) is 9.59 Å². The van der Waals surface area contributed by atoms with Crippen molar-refractivity contribution in [1.29, 1.82) is 0 Å². The molecule has 1 aliphatic carbocycles. The number of benzene rings is 3. The molecular formula is C31H28Cl4N2O2. The Morgan fingerprint density at radius 3 is 1.72 bits per heavy atom. The normalized spacial score (nSPS) is 17.7. The zero-order chi connectivity index (χ0) is 28.1. The van der Waals surface area contributed by atoms with Gasteiger partial charge in [-0.25, -0.2) is 0 Å². The third-order valence-corrected chi connectivity index (χ3v) is 7.29. The van der Waals surface area contributed by atoms with Crippen molar-refractivity contribution in [3.8, 4) is 0 Å². The molecule has 0 spiro atoms. The maximum absolute atomic E-state index is 13.6. The lowest BCUT2D eigenvalue weighted by Gasteiger charge is -2.26. The van der Waals surface area contributed by atoms with Gasteiger partial charge in [-0.1, -0.05) is 58.5 Å². The summed E-state index contributed by atoms with van der Waals surface area (Å²) in [4.78, 5) is 27.8. The number of hydrogen-bond donors (Lipinski definition) is 1. The first-order valence-electron chi connectivity index (χ1n) is 12.5. The van der Waals surface area contributed by atoms with E-state index in [4.69, 9.17) is 46.4 Å². The van der Waals surface area contributed by atoms with E-state index in [1.54, 1.807) is 36.4 Å². The van der Waals surface area contributed by atoms with E-state index in [0.29, 0.717) is 57.0 Å². The molecule has 1 saturated carbocycles. The lowest BCUT2D eigenvalue weighted by molar-refractivity contribution is -0.116. The summed E-state index contributed by atoms with van der Waals surface area (Å²) in [5, 5.41) is 4.95. The van der Waals surface area contributed by atoms with Crippen molar-refractivity contribution in [3.63, 3.8) is 0 Å². The first kappa shape index (κ1) is 29.4. The van der Waals surface area contributed by atoms with Gasteiger partial charge in [0.2, 0.25) is 5.91 Å². The molecule has 0 radical (unpaired) electrons. The number of rotatable bonds is 7. The summed E-state index contributed by atoms with van der Waals surface area (Å²) < 4.78 is 0. The molecule has 39 heavy (non-hydrogen) atoms. The van der Waals surface area contributed by atoms with Gasteiger partial charge in [0.1, 0.15) is 0 Å². The van der Waals surface area contributed by atoms with E-state index in [9.17, 15) is 9.59 Å². The molecule has 3 aromatic carbocycles. The van der Waals surface area contributed by atoms with Crippen LogP contribution >= 0.6 is 46.4 Å². The zero-order valence-electron chi connectivity index (χ0n) is 21.6. The molecule has 0 heterocycles. The fourth-order valence-corrected chi connectivity index (χ4v) is 5.67. The SMILES string of the molecule is CN(C)CCC(=O)Nc1ccc(C2C/C(=C\c3cc(Cl)cc(Cl)c3)C(=O)/C(=C/c3cc(Cl)cc(Cl)c3)C2)cc1. The Morgan fingerprint density at radius 1 is 0.821 bits per heavy atom. The molecule has 8 heteroatoms. The number of hydrogen-bond acceptors (Lipinski definition) is 3. The van der Waals surface area contributed by atoms with Crippen molar-refractivity contribution >= 4 is 75.9 Å². The van der Waals surface area contributed by atoms with Gasteiger partial charge in [0.15, 0.2) is 5.78 Å². The molecule has 0 saturated heterocycles. The van der Waals surface area contributed by atoms with Crippen LogP contribution in [-0.2, 0) is 9.59 Å². The van der Waals surface area contributed by atoms with Crippen molar-refractivity contribution in [2.24, 2.45) is 0 Å². The number of carbonyl (C=O) groups is 2. The Hall–Kier alpha value is -2.60. The van der Waals surface area contributed by atoms with Crippen molar-refractivity contribution in [2.45, 2.75) is 25.2 Å². The number of carbonyl (C=O) groups excluding carboxylic acids is 2. The first-order chi connectivity index (χ1) is 18.5. The summed E-state index contributed by atoms with van der Waals surface area (Å²) in [6.07, 6.45) is 5.22. The van der Waals surface area contributed by atoms with Crippen molar-refractivity contribution in [2.75, 3.05) is 26.0 Å². The van der Waals surface area contributed by atoms with Gasteiger partial charge in [0.25, 0.3) is 0 Å². The van der Waals surface area contributed by atoms with Crippen LogP contribution in [0.4, 0.5) is 5.69 Å². The predicted molar refractivity (Wildman–Crippen MR) is 164 cm³/mol. The summed E-state index contributed by atoms with van der Waals surface area (Å²) in [7, 11) is 3.87. The molecule has 0 unspecified atom stereocenters. The van der Waals surface area contributed by atoms with Crippen LogP contribution in [0, 0.1) is 0 Å². The van der Waals surface area contributed by atoms with Crippen LogP contribution in [-0.4, -0.2) is 37.2 Å². The minimum atomic E-state index is -0.0387. The van der Waals surface area contributed by atoms with Gasteiger partial charge in [0.05, 0.1) is 0 Å². The second-order valence-corrected chi connectivity index (χ2v) is 11.6.